The first-order valence-corrected chi connectivity index (χ1v) is 8.40. The van der Waals surface area contributed by atoms with E-state index in [1.807, 2.05) is 0 Å². The van der Waals surface area contributed by atoms with Crippen molar-refractivity contribution in [2.24, 2.45) is 0 Å². The van der Waals surface area contributed by atoms with E-state index in [-0.39, 0.29) is 11.5 Å². The van der Waals surface area contributed by atoms with Crippen LogP contribution in [0.2, 0.25) is 0 Å². The number of benzene rings is 2. The Balaban J connectivity index is 1.69. The van der Waals surface area contributed by atoms with Gasteiger partial charge in [-0.05, 0) is 52.7 Å². The number of hydrogen-bond donors (Lipinski definition) is 0. The fraction of sp³-hybridized carbons (Fsp3) is 0.278. The molecule has 120 valence electrons. The summed E-state index contributed by atoms with van der Waals surface area (Å²) in [5.74, 6) is -0.688. The molecule has 1 fully saturated rings. The highest BCUT2D eigenvalue weighted by Gasteiger charge is 2.24. The van der Waals surface area contributed by atoms with Gasteiger partial charge >= 0.3 is 0 Å². The molecule has 1 amide bonds. The van der Waals surface area contributed by atoms with Crippen LogP contribution in [0.15, 0.2) is 46.9 Å². The third-order valence-corrected chi connectivity index (χ3v) is 4.75. The third-order valence-electron chi connectivity index (χ3n) is 4.12. The summed E-state index contributed by atoms with van der Waals surface area (Å²) in [4.78, 5) is 16.4. The molecule has 3 nitrogen and oxygen atoms in total. The van der Waals surface area contributed by atoms with Gasteiger partial charge in [0.25, 0.3) is 5.91 Å². The van der Waals surface area contributed by atoms with Crippen molar-refractivity contribution in [2.75, 3.05) is 31.1 Å². The smallest absolute Gasteiger partial charge is 0.256 e. The summed E-state index contributed by atoms with van der Waals surface area (Å²) in [5, 5.41) is 0. The summed E-state index contributed by atoms with van der Waals surface area (Å²) in [5.41, 5.74) is 2.49. The second kappa shape index (κ2) is 6.71. The Morgan fingerprint density at radius 1 is 1.09 bits per heavy atom. The van der Waals surface area contributed by atoms with E-state index in [0.29, 0.717) is 13.1 Å². The molecule has 3 rings (SSSR count). The molecule has 0 aliphatic carbocycles. The van der Waals surface area contributed by atoms with Crippen molar-refractivity contribution in [1.82, 2.24) is 4.90 Å². The fourth-order valence-electron chi connectivity index (χ4n) is 2.82. The Bertz CT molecular complexity index is 727. The molecular weight excluding hydrogens is 359 g/mol. The summed E-state index contributed by atoms with van der Waals surface area (Å²) in [7, 11) is 0. The van der Waals surface area contributed by atoms with E-state index in [0.717, 1.165) is 23.2 Å². The van der Waals surface area contributed by atoms with Gasteiger partial charge in [-0.25, -0.2) is 4.39 Å². The van der Waals surface area contributed by atoms with Crippen molar-refractivity contribution >= 4 is 27.5 Å². The maximum atomic E-state index is 13.8. The number of rotatable bonds is 2. The Morgan fingerprint density at radius 3 is 2.43 bits per heavy atom. The van der Waals surface area contributed by atoms with Gasteiger partial charge in [-0.15, -0.1) is 0 Å². The maximum Gasteiger partial charge on any atom is 0.256 e. The van der Waals surface area contributed by atoms with Crippen molar-refractivity contribution < 1.29 is 9.18 Å². The number of halogens is 2. The number of amides is 1. The summed E-state index contributed by atoms with van der Waals surface area (Å²) < 4.78 is 14.8. The Kier molecular flexibility index (Phi) is 4.66. The van der Waals surface area contributed by atoms with Crippen molar-refractivity contribution in [1.29, 1.82) is 0 Å². The zero-order valence-electron chi connectivity index (χ0n) is 12.9. The molecule has 0 bridgehead atoms. The van der Waals surface area contributed by atoms with Crippen LogP contribution in [0.5, 0.6) is 0 Å². The molecule has 2 aromatic carbocycles. The van der Waals surface area contributed by atoms with Gasteiger partial charge in [0.15, 0.2) is 0 Å². The van der Waals surface area contributed by atoms with Gasteiger partial charge in [0.2, 0.25) is 0 Å². The maximum absolute atomic E-state index is 13.8. The van der Waals surface area contributed by atoms with Crippen molar-refractivity contribution in [2.45, 2.75) is 6.92 Å². The molecule has 2 aromatic rings. The highest BCUT2D eigenvalue weighted by Crippen LogP contribution is 2.28. The van der Waals surface area contributed by atoms with Gasteiger partial charge in [-0.2, -0.15) is 0 Å². The standard InChI is InChI=1S/C18H18BrFN2O/c1-13-6-7-17(15(19)12-13)21-8-10-22(11-9-21)18(23)14-4-2-3-5-16(14)20/h2-7,12H,8-11H2,1H3. The molecule has 1 aliphatic rings. The summed E-state index contributed by atoms with van der Waals surface area (Å²) in [6.45, 7) is 4.71. The van der Waals surface area contributed by atoms with Crippen LogP contribution >= 0.6 is 15.9 Å². The number of carbonyl (C=O) groups is 1. The van der Waals surface area contributed by atoms with E-state index < -0.39 is 5.82 Å². The molecule has 0 saturated carbocycles. The van der Waals surface area contributed by atoms with Crippen LogP contribution in [0, 0.1) is 12.7 Å². The monoisotopic (exact) mass is 376 g/mol. The molecule has 0 spiro atoms. The van der Waals surface area contributed by atoms with Gasteiger partial charge in [0, 0.05) is 30.7 Å². The molecule has 1 heterocycles. The van der Waals surface area contributed by atoms with Gasteiger partial charge in [0.05, 0.1) is 11.3 Å². The van der Waals surface area contributed by atoms with Crippen molar-refractivity contribution in [3.8, 4) is 0 Å². The van der Waals surface area contributed by atoms with E-state index in [9.17, 15) is 9.18 Å². The third kappa shape index (κ3) is 3.39. The lowest BCUT2D eigenvalue weighted by molar-refractivity contribution is 0.0742. The SMILES string of the molecule is Cc1ccc(N2CCN(C(=O)c3ccccc3F)CC2)c(Br)c1. The second-order valence-electron chi connectivity index (χ2n) is 5.71. The number of carbonyl (C=O) groups excluding carboxylic acids is 1. The molecule has 0 aromatic heterocycles. The lowest BCUT2D eigenvalue weighted by Gasteiger charge is -2.36. The molecule has 5 heteroatoms. The van der Waals surface area contributed by atoms with E-state index in [4.69, 9.17) is 0 Å². The lowest BCUT2D eigenvalue weighted by Crippen LogP contribution is -2.49. The predicted molar refractivity (Wildman–Crippen MR) is 93.4 cm³/mol. The topological polar surface area (TPSA) is 23.6 Å². The van der Waals surface area contributed by atoms with Gasteiger partial charge < -0.3 is 9.80 Å². The van der Waals surface area contributed by atoms with E-state index in [1.54, 1.807) is 23.1 Å². The number of nitrogens with zero attached hydrogens (tertiary/aromatic N) is 2. The summed E-state index contributed by atoms with van der Waals surface area (Å²) in [6.07, 6.45) is 0. The highest BCUT2D eigenvalue weighted by molar-refractivity contribution is 9.10. The van der Waals surface area contributed by atoms with Crippen LogP contribution in [0.1, 0.15) is 15.9 Å². The van der Waals surface area contributed by atoms with E-state index in [1.165, 1.54) is 11.6 Å². The first-order valence-electron chi connectivity index (χ1n) is 7.61. The van der Waals surface area contributed by atoms with Crippen molar-refractivity contribution in [3.63, 3.8) is 0 Å². The molecule has 0 unspecified atom stereocenters. The quantitative estimate of drug-likeness (QED) is 0.794. The van der Waals surface area contributed by atoms with E-state index >= 15 is 0 Å². The number of hydrogen-bond acceptors (Lipinski definition) is 2. The normalized spacial score (nSPS) is 14.9. The van der Waals surface area contributed by atoms with Gasteiger partial charge in [0.1, 0.15) is 5.82 Å². The van der Waals surface area contributed by atoms with Crippen LogP contribution < -0.4 is 4.90 Å². The van der Waals surface area contributed by atoms with E-state index in [2.05, 4.69) is 46.0 Å². The molecule has 0 N–H and O–H groups in total. The molecule has 0 atom stereocenters. The Labute approximate surface area is 143 Å². The number of aryl methyl sites for hydroxylation is 1. The van der Waals surface area contributed by atoms with Gasteiger partial charge in [-0.1, -0.05) is 18.2 Å². The van der Waals surface area contributed by atoms with Crippen LogP contribution in [-0.4, -0.2) is 37.0 Å². The molecule has 23 heavy (non-hydrogen) atoms. The summed E-state index contributed by atoms with van der Waals surface area (Å²) in [6, 6.07) is 12.4. The Hall–Kier alpha value is -1.88. The minimum Gasteiger partial charge on any atom is -0.367 e. The lowest BCUT2D eigenvalue weighted by atomic mass is 10.1. The number of anilines is 1. The summed E-state index contributed by atoms with van der Waals surface area (Å²) >= 11 is 3.60. The average molecular weight is 377 g/mol. The van der Waals surface area contributed by atoms with Crippen LogP contribution in [0.3, 0.4) is 0 Å². The first-order chi connectivity index (χ1) is 11.1. The number of piperazine rings is 1. The van der Waals surface area contributed by atoms with Crippen LogP contribution in [0.25, 0.3) is 0 Å². The average Bonchev–Trinajstić information content (AvgIpc) is 2.55. The Morgan fingerprint density at radius 2 is 1.78 bits per heavy atom. The molecule has 1 aliphatic heterocycles. The van der Waals surface area contributed by atoms with Gasteiger partial charge in [-0.3, -0.25) is 4.79 Å². The zero-order valence-corrected chi connectivity index (χ0v) is 14.5. The minimum atomic E-state index is -0.457. The fourth-order valence-corrected chi connectivity index (χ4v) is 3.57. The second-order valence-corrected chi connectivity index (χ2v) is 6.57. The van der Waals surface area contributed by atoms with Crippen molar-refractivity contribution in [3.05, 3.63) is 63.9 Å². The van der Waals surface area contributed by atoms with Crippen LogP contribution in [-0.2, 0) is 0 Å². The predicted octanol–water partition coefficient (Wildman–Crippen LogP) is 3.86. The van der Waals surface area contributed by atoms with Crippen LogP contribution in [0.4, 0.5) is 10.1 Å². The first kappa shape index (κ1) is 16.0. The largest absolute Gasteiger partial charge is 0.367 e. The molecule has 0 radical (unpaired) electrons. The molecular formula is C18H18BrFN2O. The molecule has 1 saturated heterocycles. The highest BCUT2D eigenvalue weighted by atomic mass is 79.9. The minimum absolute atomic E-state index is 0.150. The zero-order chi connectivity index (χ0) is 16.4.